The van der Waals surface area contributed by atoms with Crippen molar-refractivity contribution in [1.82, 2.24) is 4.72 Å². The van der Waals surface area contributed by atoms with Crippen molar-refractivity contribution in [1.29, 1.82) is 5.26 Å². The quantitative estimate of drug-likeness (QED) is 0.623. The average molecular weight is 411 g/mol. The zero-order chi connectivity index (χ0) is 20.1. The number of rotatable bonds is 6. The molecule has 0 amide bonds. The molecule has 0 aromatic heterocycles. The summed E-state index contributed by atoms with van der Waals surface area (Å²) in [5.41, 5.74) is 2.22. The zero-order valence-electron chi connectivity index (χ0n) is 15.2. The van der Waals surface area contributed by atoms with Crippen LogP contribution in [0, 0.1) is 18.3 Å². The normalized spacial score (nSPS) is 13.5. The van der Waals surface area contributed by atoms with Gasteiger partial charge in [0, 0.05) is 5.02 Å². The molecule has 0 radical (unpaired) electrons. The zero-order valence-corrected chi connectivity index (χ0v) is 16.8. The van der Waals surface area contributed by atoms with Crippen molar-refractivity contribution in [2.75, 3.05) is 0 Å². The number of hydrogen-bond acceptors (Lipinski definition) is 3. The van der Waals surface area contributed by atoms with Crippen molar-refractivity contribution in [3.63, 3.8) is 0 Å². The molecule has 3 aromatic carbocycles. The highest BCUT2D eigenvalue weighted by atomic mass is 35.5. The second-order valence-electron chi connectivity index (χ2n) is 6.45. The summed E-state index contributed by atoms with van der Waals surface area (Å²) >= 11 is 6.31. The predicted molar refractivity (Wildman–Crippen MR) is 110 cm³/mol. The van der Waals surface area contributed by atoms with Crippen LogP contribution in [0.1, 0.15) is 28.7 Å². The highest BCUT2D eigenvalue weighted by molar-refractivity contribution is 7.89. The smallest absolute Gasteiger partial charge is 0.207 e. The van der Waals surface area contributed by atoms with Crippen LogP contribution in [0.2, 0.25) is 5.02 Å². The van der Waals surface area contributed by atoms with E-state index in [0.29, 0.717) is 16.1 Å². The average Bonchev–Trinajstić information content (AvgIpc) is 2.70. The molecular formula is C22H19ClN2O2S. The molecule has 3 aromatic rings. The summed E-state index contributed by atoms with van der Waals surface area (Å²) in [5.74, 6) is -0.795. The van der Waals surface area contributed by atoms with Crippen molar-refractivity contribution in [2.45, 2.75) is 23.8 Å². The number of nitriles is 1. The summed E-state index contributed by atoms with van der Waals surface area (Å²) in [7, 11) is -3.84. The minimum absolute atomic E-state index is 0.148. The van der Waals surface area contributed by atoms with Crippen molar-refractivity contribution in [3.8, 4) is 6.07 Å². The number of halogens is 1. The molecule has 0 unspecified atom stereocenters. The third-order valence-electron chi connectivity index (χ3n) is 4.48. The fraction of sp³-hybridized carbons (Fsp3) is 0.136. The molecule has 4 nitrogen and oxygen atoms in total. The number of nitrogens with one attached hydrogen (secondary N) is 1. The van der Waals surface area contributed by atoms with Crippen LogP contribution in [0.4, 0.5) is 0 Å². The van der Waals surface area contributed by atoms with Crippen LogP contribution in [0.15, 0.2) is 83.8 Å². The van der Waals surface area contributed by atoms with E-state index in [1.165, 1.54) is 0 Å². The minimum Gasteiger partial charge on any atom is -0.207 e. The molecule has 0 saturated carbocycles. The van der Waals surface area contributed by atoms with E-state index in [-0.39, 0.29) is 4.90 Å². The maximum Gasteiger partial charge on any atom is 0.241 e. The number of benzene rings is 3. The molecule has 0 heterocycles. The monoisotopic (exact) mass is 410 g/mol. The van der Waals surface area contributed by atoms with Gasteiger partial charge in [-0.05, 0) is 36.2 Å². The predicted octanol–water partition coefficient (Wildman–Crippen LogP) is 4.98. The van der Waals surface area contributed by atoms with Crippen molar-refractivity contribution in [3.05, 3.63) is 101 Å². The Morgan fingerprint density at radius 2 is 1.54 bits per heavy atom. The molecule has 0 fully saturated rings. The molecular weight excluding hydrogens is 392 g/mol. The first-order valence-electron chi connectivity index (χ1n) is 8.70. The maximum absolute atomic E-state index is 13.0. The van der Waals surface area contributed by atoms with Crippen LogP contribution in [0.25, 0.3) is 0 Å². The van der Waals surface area contributed by atoms with E-state index in [4.69, 9.17) is 11.6 Å². The van der Waals surface area contributed by atoms with Gasteiger partial charge in [-0.3, -0.25) is 0 Å². The van der Waals surface area contributed by atoms with E-state index < -0.39 is 22.0 Å². The Hall–Kier alpha value is -2.65. The molecule has 0 saturated heterocycles. The number of aryl methyl sites for hydroxylation is 1. The highest BCUT2D eigenvalue weighted by Crippen LogP contribution is 2.35. The van der Waals surface area contributed by atoms with Gasteiger partial charge in [-0.1, -0.05) is 77.8 Å². The lowest BCUT2D eigenvalue weighted by molar-refractivity contribution is 0.539. The van der Waals surface area contributed by atoms with Gasteiger partial charge in [-0.2, -0.15) is 5.26 Å². The molecule has 0 aliphatic rings. The topological polar surface area (TPSA) is 70.0 Å². The van der Waals surface area contributed by atoms with Gasteiger partial charge in [-0.25, -0.2) is 13.1 Å². The first-order valence-corrected chi connectivity index (χ1v) is 10.6. The largest absolute Gasteiger partial charge is 0.241 e. The first-order chi connectivity index (χ1) is 13.4. The Labute approximate surface area is 170 Å². The van der Waals surface area contributed by atoms with Crippen molar-refractivity contribution in [2.24, 2.45) is 0 Å². The second kappa shape index (κ2) is 8.57. The van der Waals surface area contributed by atoms with Gasteiger partial charge in [-0.15, -0.1) is 0 Å². The molecule has 0 aliphatic carbocycles. The number of nitrogens with zero attached hydrogens (tertiary/aromatic N) is 1. The molecule has 142 valence electrons. The van der Waals surface area contributed by atoms with Gasteiger partial charge < -0.3 is 0 Å². The Kier molecular flexibility index (Phi) is 6.15. The summed E-state index contributed by atoms with van der Waals surface area (Å²) in [6.07, 6.45) is 0. The molecule has 2 atom stereocenters. The van der Waals surface area contributed by atoms with E-state index >= 15 is 0 Å². The van der Waals surface area contributed by atoms with Gasteiger partial charge in [0.1, 0.15) is 0 Å². The third-order valence-corrected chi connectivity index (χ3v) is 6.29. The van der Waals surface area contributed by atoms with E-state index in [1.54, 1.807) is 60.7 Å². The van der Waals surface area contributed by atoms with Crippen LogP contribution in [0.5, 0.6) is 0 Å². The summed E-state index contributed by atoms with van der Waals surface area (Å²) in [5, 5.41) is 10.3. The number of sulfonamides is 1. The van der Waals surface area contributed by atoms with Crippen LogP contribution in [0.3, 0.4) is 0 Å². The molecule has 0 spiro atoms. The number of hydrogen-bond donors (Lipinski definition) is 1. The van der Waals surface area contributed by atoms with Gasteiger partial charge in [0.2, 0.25) is 10.0 Å². The SMILES string of the molecule is Cc1ccc(S(=O)(=O)N[C@@H](c2ccccc2)[C@H](C#N)c2ccccc2Cl)cc1. The van der Waals surface area contributed by atoms with E-state index in [9.17, 15) is 13.7 Å². The summed E-state index contributed by atoms with van der Waals surface area (Å²) in [6, 6.07) is 24.1. The van der Waals surface area contributed by atoms with Crippen LogP contribution in [-0.4, -0.2) is 8.42 Å². The maximum atomic E-state index is 13.0. The fourth-order valence-corrected chi connectivity index (χ4v) is 4.48. The van der Waals surface area contributed by atoms with E-state index in [1.807, 2.05) is 25.1 Å². The molecule has 28 heavy (non-hydrogen) atoms. The Balaban J connectivity index is 2.06. The lowest BCUT2D eigenvalue weighted by Gasteiger charge is -2.25. The lowest BCUT2D eigenvalue weighted by Crippen LogP contribution is -2.32. The third kappa shape index (κ3) is 4.42. The van der Waals surface area contributed by atoms with Crippen LogP contribution >= 0.6 is 11.6 Å². The molecule has 6 heteroatoms. The summed E-state index contributed by atoms with van der Waals surface area (Å²) < 4.78 is 28.7. The van der Waals surface area contributed by atoms with Crippen LogP contribution in [-0.2, 0) is 10.0 Å². The van der Waals surface area contributed by atoms with Crippen molar-refractivity contribution < 1.29 is 8.42 Å². The second-order valence-corrected chi connectivity index (χ2v) is 8.57. The summed E-state index contributed by atoms with van der Waals surface area (Å²) in [6.45, 7) is 1.89. The highest BCUT2D eigenvalue weighted by Gasteiger charge is 2.31. The Bertz CT molecular complexity index is 1090. The van der Waals surface area contributed by atoms with E-state index in [0.717, 1.165) is 5.56 Å². The first kappa shape index (κ1) is 20.1. The van der Waals surface area contributed by atoms with Crippen LogP contribution < -0.4 is 4.72 Å². The lowest BCUT2D eigenvalue weighted by atomic mass is 9.89. The molecule has 1 N–H and O–H groups in total. The van der Waals surface area contributed by atoms with Gasteiger partial charge in [0.05, 0.1) is 22.9 Å². The molecule has 3 rings (SSSR count). The standard InChI is InChI=1S/C22H19ClN2O2S/c1-16-11-13-18(14-12-16)28(26,27)25-22(17-7-3-2-4-8-17)20(15-24)19-9-5-6-10-21(19)23/h2-14,20,22,25H,1H3/t20-,22+/m1/s1. The van der Waals surface area contributed by atoms with Gasteiger partial charge >= 0.3 is 0 Å². The van der Waals surface area contributed by atoms with E-state index in [2.05, 4.69) is 10.8 Å². The molecule has 0 aliphatic heterocycles. The Morgan fingerprint density at radius 3 is 2.14 bits per heavy atom. The summed E-state index contributed by atoms with van der Waals surface area (Å²) in [4.78, 5) is 0.148. The van der Waals surface area contributed by atoms with Crippen molar-refractivity contribution >= 4 is 21.6 Å². The minimum atomic E-state index is -3.84. The van der Waals surface area contributed by atoms with Gasteiger partial charge in [0.25, 0.3) is 0 Å². The Morgan fingerprint density at radius 1 is 0.929 bits per heavy atom. The fourth-order valence-electron chi connectivity index (χ4n) is 2.99. The molecule has 0 bridgehead atoms. The van der Waals surface area contributed by atoms with Gasteiger partial charge in [0.15, 0.2) is 0 Å².